The first-order chi connectivity index (χ1) is 25.7. The third-order valence-corrected chi connectivity index (χ3v) is 9.89. The second-order valence-electron chi connectivity index (χ2n) is 14.2. The molecule has 1 saturated heterocycles. The first-order valence-corrected chi connectivity index (χ1v) is 19.1. The summed E-state index contributed by atoms with van der Waals surface area (Å²) in [4.78, 5) is 63.4. The molecule has 1 aromatic heterocycles. The van der Waals surface area contributed by atoms with Crippen LogP contribution >= 0.6 is 11.6 Å². The molecule has 290 valence electrons. The molecule has 14 nitrogen and oxygen atoms in total. The van der Waals surface area contributed by atoms with Crippen LogP contribution < -0.4 is 10.0 Å². The molecule has 2 N–H and O–H groups in total. The zero-order valence-corrected chi connectivity index (χ0v) is 32.9. The highest BCUT2D eigenvalue weighted by atomic mass is 35.5. The van der Waals surface area contributed by atoms with Crippen LogP contribution in [-0.2, 0) is 38.7 Å². The highest BCUT2D eigenvalue weighted by molar-refractivity contribution is 7.92. The summed E-state index contributed by atoms with van der Waals surface area (Å²) >= 11 is 6.10. The largest absolute Gasteiger partial charge is 0.465 e. The number of amides is 3. The lowest BCUT2D eigenvalue weighted by atomic mass is 9.85. The van der Waals surface area contributed by atoms with E-state index in [1.54, 1.807) is 75.4 Å². The van der Waals surface area contributed by atoms with Crippen molar-refractivity contribution in [2.45, 2.75) is 73.0 Å². The smallest absolute Gasteiger partial charge is 0.418 e. The van der Waals surface area contributed by atoms with E-state index in [1.165, 1.54) is 26.2 Å². The lowest BCUT2D eigenvalue weighted by Crippen LogP contribution is -2.55. The number of cyclic esters (lactones) is 2. The van der Waals surface area contributed by atoms with Crippen molar-refractivity contribution in [3.8, 4) is 6.07 Å². The van der Waals surface area contributed by atoms with Gasteiger partial charge in [-0.2, -0.15) is 5.26 Å². The maximum absolute atomic E-state index is 13.0. The van der Waals surface area contributed by atoms with E-state index in [-0.39, 0.29) is 27.8 Å². The minimum atomic E-state index is -3.41. The van der Waals surface area contributed by atoms with Crippen molar-refractivity contribution < 1.29 is 46.3 Å². The molecule has 2 aromatic carbocycles. The SMILES string of the molecule is CCCCS(=O)(=O)Nc1ccc(C2=C(C#N)C(=O)OC2=Cc2ccco2)cc1.Cc1ccc(Cl)c(NC(=O)C(C(=O)C(C)(C)C)N2C(=O)OC(C)(C)C2=O)c1. The Hall–Kier alpha value is -5.72. The second-order valence-corrected chi connectivity index (χ2v) is 16.4. The van der Waals surface area contributed by atoms with Crippen LogP contribution in [0.5, 0.6) is 0 Å². The van der Waals surface area contributed by atoms with E-state index in [4.69, 9.17) is 25.5 Å². The van der Waals surface area contributed by atoms with Gasteiger partial charge in [0.05, 0.1) is 22.7 Å². The van der Waals surface area contributed by atoms with Crippen molar-refractivity contribution in [2.75, 3.05) is 15.8 Å². The fourth-order valence-electron chi connectivity index (χ4n) is 5.30. The maximum atomic E-state index is 13.0. The average molecular weight is 793 g/mol. The van der Waals surface area contributed by atoms with E-state index in [1.807, 2.05) is 19.9 Å². The van der Waals surface area contributed by atoms with Gasteiger partial charge < -0.3 is 19.2 Å². The molecule has 2 aliphatic rings. The number of ether oxygens (including phenoxy) is 2. The Morgan fingerprint density at radius 1 is 1.07 bits per heavy atom. The molecule has 0 aliphatic carbocycles. The van der Waals surface area contributed by atoms with Gasteiger partial charge in [-0.05, 0) is 74.7 Å². The van der Waals surface area contributed by atoms with Gasteiger partial charge in [0.1, 0.15) is 23.2 Å². The van der Waals surface area contributed by atoms with Crippen molar-refractivity contribution in [1.82, 2.24) is 4.90 Å². The number of halogens is 1. The first-order valence-electron chi connectivity index (χ1n) is 17.1. The maximum Gasteiger partial charge on any atom is 0.418 e. The molecule has 5 rings (SSSR count). The van der Waals surface area contributed by atoms with Crippen molar-refractivity contribution in [1.29, 1.82) is 5.26 Å². The number of carbonyl (C=O) groups excluding carboxylic acids is 5. The van der Waals surface area contributed by atoms with Crippen LogP contribution in [0.3, 0.4) is 0 Å². The zero-order valence-electron chi connectivity index (χ0n) is 31.3. The fourth-order valence-corrected chi connectivity index (χ4v) is 6.73. The fraction of sp³-hybridized carbons (Fsp3) is 0.333. The van der Waals surface area contributed by atoms with E-state index >= 15 is 0 Å². The Bertz CT molecular complexity index is 2210. The Morgan fingerprint density at radius 2 is 1.75 bits per heavy atom. The Kier molecular flexibility index (Phi) is 12.8. The van der Waals surface area contributed by atoms with Crippen LogP contribution in [0.4, 0.5) is 16.2 Å². The molecule has 1 unspecified atom stereocenters. The number of nitrogens with zero attached hydrogens (tertiary/aromatic N) is 2. The Labute approximate surface area is 324 Å². The number of furan rings is 1. The summed E-state index contributed by atoms with van der Waals surface area (Å²) in [5.74, 6) is -2.18. The summed E-state index contributed by atoms with van der Waals surface area (Å²) in [6.07, 6.45) is 3.34. The number of allylic oxidation sites excluding steroid dienone is 1. The molecular weight excluding hydrogens is 752 g/mol. The van der Waals surface area contributed by atoms with Gasteiger partial charge in [0, 0.05) is 22.8 Å². The van der Waals surface area contributed by atoms with Crippen molar-refractivity contribution in [3.05, 3.63) is 94.1 Å². The monoisotopic (exact) mass is 792 g/mol. The van der Waals surface area contributed by atoms with Crippen LogP contribution in [0, 0.1) is 23.7 Å². The van der Waals surface area contributed by atoms with Crippen LogP contribution in [0.1, 0.15) is 71.3 Å². The van der Waals surface area contributed by atoms with Gasteiger partial charge in [0.15, 0.2) is 17.4 Å². The highest BCUT2D eigenvalue weighted by Gasteiger charge is 2.55. The van der Waals surface area contributed by atoms with Gasteiger partial charge in [0.2, 0.25) is 10.0 Å². The lowest BCUT2D eigenvalue weighted by Gasteiger charge is -2.28. The van der Waals surface area contributed by atoms with Crippen LogP contribution in [-0.4, -0.2) is 60.4 Å². The number of aryl methyl sites for hydroxylation is 1. The Morgan fingerprint density at radius 3 is 2.29 bits per heavy atom. The number of ketones is 1. The van der Waals surface area contributed by atoms with Crippen LogP contribution in [0.15, 0.2) is 76.6 Å². The Balaban J connectivity index is 0.000000245. The van der Waals surface area contributed by atoms with E-state index in [0.717, 1.165) is 12.0 Å². The first kappa shape index (κ1) is 42.0. The number of benzene rings is 2. The highest BCUT2D eigenvalue weighted by Crippen LogP contribution is 2.36. The number of anilines is 2. The lowest BCUT2D eigenvalue weighted by molar-refractivity contribution is -0.145. The van der Waals surface area contributed by atoms with Gasteiger partial charge in [0.25, 0.3) is 11.8 Å². The summed E-state index contributed by atoms with van der Waals surface area (Å²) in [6.45, 7) is 11.4. The number of hydrogen-bond acceptors (Lipinski definition) is 11. The molecule has 3 heterocycles. The molecule has 0 saturated carbocycles. The molecular formula is C39H41ClN4O10S. The van der Waals surface area contributed by atoms with Gasteiger partial charge in [-0.25, -0.2) is 22.9 Å². The van der Waals surface area contributed by atoms with Crippen molar-refractivity contribution in [2.24, 2.45) is 5.41 Å². The number of rotatable bonds is 11. The molecule has 0 radical (unpaired) electrons. The summed E-state index contributed by atoms with van der Waals surface area (Å²) in [7, 11) is -3.41. The molecule has 0 bridgehead atoms. The molecule has 16 heteroatoms. The molecule has 3 amide bonds. The van der Waals surface area contributed by atoms with Gasteiger partial charge in [-0.3, -0.25) is 19.1 Å². The number of nitriles is 1. The topological polar surface area (TPSA) is 202 Å². The number of nitrogens with one attached hydrogen (secondary N) is 2. The minimum Gasteiger partial charge on any atom is -0.465 e. The number of esters is 1. The average Bonchev–Trinajstić information content (AvgIpc) is 3.78. The third-order valence-electron chi connectivity index (χ3n) is 8.19. The third kappa shape index (κ3) is 10.1. The summed E-state index contributed by atoms with van der Waals surface area (Å²) < 4.78 is 42.1. The number of Topliss-reactive ketones (excluding diaryl/α,β-unsaturated/α-hetero) is 1. The predicted octanol–water partition coefficient (Wildman–Crippen LogP) is 7.02. The summed E-state index contributed by atoms with van der Waals surface area (Å²) in [5.41, 5.74) is -0.129. The molecule has 0 spiro atoms. The number of carbonyl (C=O) groups is 5. The predicted molar refractivity (Wildman–Crippen MR) is 205 cm³/mol. The van der Waals surface area contributed by atoms with Crippen LogP contribution in [0.25, 0.3) is 11.6 Å². The molecule has 1 atom stereocenters. The molecule has 1 fully saturated rings. The van der Waals surface area contributed by atoms with Crippen molar-refractivity contribution in [3.63, 3.8) is 0 Å². The molecule has 55 heavy (non-hydrogen) atoms. The number of unbranched alkanes of at least 4 members (excludes halogenated alkanes) is 1. The summed E-state index contributed by atoms with van der Waals surface area (Å²) in [5, 5.41) is 12.2. The summed E-state index contributed by atoms with van der Waals surface area (Å²) in [6, 6.07) is 15.0. The normalized spacial score (nSPS) is 16.5. The van der Waals surface area contributed by atoms with Crippen LogP contribution in [0.2, 0.25) is 5.02 Å². The molecule has 3 aromatic rings. The minimum absolute atomic E-state index is 0.0490. The van der Waals surface area contributed by atoms with Crippen molar-refractivity contribution >= 4 is 74.3 Å². The second kappa shape index (κ2) is 16.7. The number of hydrogen-bond donors (Lipinski definition) is 2. The van der Waals surface area contributed by atoms with E-state index in [0.29, 0.717) is 33.9 Å². The van der Waals surface area contributed by atoms with Gasteiger partial charge in [-0.15, -0.1) is 0 Å². The van der Waals surface area contributed by atoms with Gasteiger partial charge in [-0.1, -0.05) is 63.9 Å². The van der Waals surface area contributed by atoms with E-state index in [9.17, 15) is 37.7 Å². The van der Waals surface area contributed by atoms with Gasteiger partial charge >= 0.3 is 12.1 Å². The quantitative estimate of drug-likeness (QED) is 0.149. The number of imide groups is 1. The zero-order chi connectivity index (χ0) is 40.9. The number of sulfonamides is 1. The standard InChI is InChI=1S/C20H18N2O5S.C19H23ClN2O5/c1-2-3-11-28(24,25)22-15-8-6-14(7-9-15)19-17(13-21)20(23)27-18(19)12-16-5-4-10-26-16;1-10-7-8-11(20)12(9-10)21-15(24)13(14(23)18(2,3)4)22-16(25)19(5,6)27-17(22)26/h4-10,12,22H,2-3,11H2,1H3;7-9,13H,1-6H3,(H,21,24). The molecule has 2 aliphatic heterocycles. The van der Waals surface area contributed by atoms with E-state index < -0.39 is 56.7 Å². The van der Waals surface area contributed by atoms with E-state index in [2.05, 4.69) is 10.0 Å².